The van der Waals surface area contributed by atoms with Gasteiger partial charge in [-0.2, -0.15) is 0 Å². The number of hydrogen-bond acceptors (Lipinski definition) is 3. The Morgan fingerprint density at radius 3 is 2.70 bits per heavy atom. The molecule has 1 aliphatic heterocycles. The van der Waals surface area contributed by atoms with Gasteiger partial charge in [0.25, 0.3) is 0 Å². The highest BCUT2D eigenvalue weighted by atomic mass is 16.5. The van der Waals surface area contributed by atoms with Crippen LogP contribution in [-0.4, -0.2) is 54.6 Å². The third-order valence-corrected chi connectivity index (χ3v) is 5.22. The number of morpholine rings is 1. The Morgan fingerprint density at radius 2 is 1.96 bits per heavy atom. The molecule has 1 saturated carbocycles. The maximum absolute atomic E-state index is 13.0. The van der Waals surface area contributed by atoms with E-state index in [2.05, 4.69) is 29.2 Å². The van der Waals surface area contributed by atoms with E-state index >= 15 is 0 Å². The van der Waals surface area contributed by atoms with Gasteiger partial charge in [0, 0.05) is 26.2 Å². The van der Waals surface area contributed by atoms with Crippen LogP contribution < -0.4 is 0 Å². The Labute approximate surface area is 139 Å². The molecule has 4 nitrogen and oxygen atoms in total. The summed E-state index contributed by atoms with van der Waals surface area (Å²) in [5.41, 5.74) is 1.26. The molecule has 0 radical (unpaired) electrons. The fourth-order valence-corrected chi connectivity index (χ4v) is 3.76. The summed E-state index contributed by atoms with van der Waals surface area (Å²) in [4.78, 5) is 17.3. The fourth-order valence-electron chi connectivity index (χ4n) is 3.76. The molecule has 1 atom stereocenters. The summed E-state index contributed by atoms with van der Waals surface area (Å²) in [6.07, 6.45) is 6.10. The summed E-state index contributed by atoms with van der Waals surface area (Å²) in [6.45, 7) is 2.87. The van der Waals surface area contributed by atoms with E-state index in [1.54, 1.807) is 0 Å². The van der Waals surface area contributed by atoms with Crippen LogP contribution in [0.1, 0.15) is 37.7 Å². The summed E-state index contributed by atoms with van der Waals surface area (Å²) in [6, 6.07) is 10.7. The van der Waals surface area contributed by atoms with E-state index in [0.717, 1.165) is 25.9 Å². The molecule has 0 aromatic heterocycles. The molecule has 1 saturated heterocycles. The number of carbonyl (C=O) groups is 1. The summed E-state index contributed by atoms with van der Waals surface area (Å²) in [5, 5.41) is 0. The first-order chi connectivity index (χ1) is 11.3. The molecule has 23 heavy (non-hydrogen) atoms. The number of ether oxygens (including phenoxy) is 1. The van der Waals surface area contributed by atoms with Crippen LogP contribution in [0, 0.1) is 0 Å². The first kappa shape index (κ1) is 16.5. The summed E-state index contributed by atoms with van der Waals surface area (Å²) >= 11 is 0. The van der Waals surface area contributed by atoms with Gasteiger partial charge in [0.15, 0.2) is 0 Å². The minimum absolute atomic E-state index is 0.143. The van der Waals surface area contributed by atoms with E-state index in [1.165, 1.54) is 24.8 Å². The van der Waals surface area contributed by atoms with Crippen LogP contribution in [0.5, 0.6) is 0 Å². The molecule has 3 rings (SSSR count). The Balaban J connectivity index is 1.66. The van der Waals surface area contributed by atoms with Gasteiger partial charge in [0.05, 0.1) is 13.2 Å². The first-order valence-corrected chi connectivity index (χ1v) is 8.88. The van der Waals surface area contributed by atoms with Gasteiger partial charge in [-0.05, 0) is 18.4 Å². The zero-order valence-electron chi connectivity index (χ0n) is 14.1. The second-order valence-corrected chi connectivity index (χ2v) is 6.79. The van der Waals surface area contributed by atoms with Crippen molar-refractivity contribution in [2.45, 2.75) is 50.7 Å². The molecule has 2 fully saturated rings. The largest absolute Gasteiger partial charge is 0.378 e. The number of nitrogens with zero attached hydrogens (tertiary/aromatic N) is 2. The Kier molecular flexibility index (Phi) is 5.68. The highest BCUT2D eigenvalue weighted by Crippen LogP contribution is 2.23. The summed E-state index contributed by atoms with van der Waals surface area (Å²) < 4.78 is 5.62. The maximum Gasteiger partial charge on any atom is 0.242 e. The number of carbonyl (C=O) groups excluding carboxylic acids is 1. The summed E-state index contributed by atoms with van der Waals surface area (Å²) in [7, 11) is 1.98. The van der Waals surface area contributed by atoms with E-state index in [4.69, 9.17) is 4.74 Å². The predicted octanol–water partition coefficient (Wildman–Crippen LogP) is 2.68. The van der Waals surface area contributed by atoms with E-state index in [-0.39, 0.29) is 11.9 Å². The van der Waals surface area contributed by atoms with Crippen LogP contribution in [0.15, 0.2) is 30.3 Å². The number of likely N-dealkylation sites (N-methyl/N-ethyl adjacent to an activating group) is 1. The molecule has 1 unspecified atom stereocenters. The van der Waals surface area contributed by atoms with Gasteiger partial charge in [-0.3, -0.25) is 9.69 Å². The minimum atomic E-state index is -0.143. The summed E-state index contributed by atoms with van der Waals surface area (Å²) in [5.74, 6) is 0.229. The quantitative estimate of drug-likeness (QED) is 0.856. The van der Waals surface area contributed by atoms with Gasteiger partial charge in [-0.15, -0.1) is 0 Å². The smallest absolute Gasteiger partial charge is 0.242 e. The average Bonchev–Trinajstić information content (AvgIpc) is 2.62. The Hall–Kier alpha value is -1.39. The highest BCUT2D eigenvalue weighted by Gasteiger charge is 2.34. The lowest BCUT2D eigenvalue weighted by Crippen LogP contribution is -2.55. The maximum atomic E-state index is 13.0. The van der Waals surface area contributed by atoms with Gasteiger partial charge in [0.2, 0.25) is 5.91 Å². The molecule has 1 aromatic rings. The van der Waals surface area contributed by atoms with Gasteiger partial charge in [-0.1, -0.05) is 49.6 Å². The molecule has 0 bridgehead atoms. The van der Waals surface area contributed by atoms with Crippen molar-refractivity contribution in [3.8, 4) is 0 Å². The van der Waals surface area contributed by atoms with Crippen molar-refractivity contribution in [2.75, 3.05) is 26.8 Å². The molecule has 0 spiro atoms. The molecule has 126 valence electrons. The second-order valence-electron chi connectivity index (χ2n) is 6.79. The highest BCUT2D eigenvalue weighted by molar-refractivity contribution is 5.82. The molecular weight excluding hydrogens is 288 g/mol. The molecule has 0 N–H and O–H groups in total. The number of hydrogen-bond donors (Lipinski definition) is 0. The van der Waals surface area contributed by atoms with Crippen molar-refractivity contribution < 1.29 is 9.53 Å². The van der Waals surface area contributed by atoms with Crippen molar-refractivity contribution in [1.82, 2.24) is 9.80 Å². The first-order valence-electron chi connectivity index (χ1n) is 8.88. The lowest BCUT2D eigenvalue weighted by atomic mass is 9.94. The molecule has 1 amide bonds. The van der Waals surface area contributed by atoms with E-state index in [9.17, 15) is 4.79 Å². The number of amides is 1. The van der Waals surface area contributed by atoms with Crippen LogP contribution in [0.2, 0.25) is 0 Å². The van der Waals surface area contributed by atoms with Crippen molar-refractivity contribution in [3.05, 3.63) is 35.9 Å². The van der Waals surface area contributed by atoms with E-state index < -0.39 is 0 Å². The van der Waals surface area contributed by atoms with Crippen molar-refractivity contribution >= 4 is 5.91 Å². The third kappa shape index (κ3) is 4.12. The minimum Gasteiger partial charge on any atom is -0.378 e. The van der Waals surface area contributed by atoms with Crippen molar-refractivity contribution in [3.63, 3.8) is 0 Å². The van der Waals surface area contributed by atoms with Gasteiger partial charge < -0.3 is 9.64 Å². The van der Waals surface area contributed by atoms with Crippen LogP contribution in [0.4, 0.5) is 0 Å². The normalized spacial score (nSPS) is 23.6. The Morgan fingerprint density at radius 1 is 1.22 bits per heavy atom. The third-order valence-electron chi connectivity index (χ3n) is 5.22. The number of rotatable bonds is 4. The lowest BCUT2D eigenvalue weighted by Gasteiger charge is -2.39. The van der Waals surface area contributed by atoms with Crippen LogP contribution in [0.3, 0.4) is 0 Å². The molecule has 4 heteroatoms. The topological polar surface area (TPSA) is 32.8 Å². The lowest BCUT2D eigenvalue weighted by molar-refractivity contribution is -0.145. The van der Waals surface area contributed by atoms with Gasteiger partial charge >= 0.3 is 0 Å². The van der Waals surface area contributed by atoms with Gasteiger partial charge in [-0.25, -0.2) is 0 Å². The Bertz CT molecular complexity index is 499. The molecule has 2 aliphatic rings. The number of benzene rings is 1. The predicted molar refractivity (Wildman–Crippen MR) is 91.1 cm³/mol. The molecule has 1 aromatic carbocycles. The standard InChI is InChI=1S/C19H28N2O2/c1-20(17-10-6-3-7-11-17)19(22)18-15-23-13-12-21(18)14-16-8-4-2-5-9-16/h2,4-5,8-9,17-18H,3,6-7,10-15H2,1H3. The van der Waals surface area contributed by atoms with E-state index in [1.807, 2.05) is 18.0 Å². The average molecular weight is 316 g/mol. The molecular formula is C19H28N2O2. The molecule has 1 heterocycles. The van der Waals surface area contributed by atoms with Crippen LogP contribution in [0.25, 0.3) is 0 Å². The van der Waals surface area contributed by atoms with Gasteiger partial charge in [0.1, 0.15) is 6.04 Å². The monoisotopic (exact) mass is 316 g/mol. The second kappa shape index (κ2) is 7.93. The molecule has 1 aliphatic carbocycles. The zero-order valence-corrected chi connectivity index (χ0v) is 14.1. The van der Waals surface area contributed by atoms with Crippen molar-refractivity contribution in [2.24, 2.45) is 0 Å². The van der Waals surface area contributed by atoms with E-state index in [0.29, 0.717) is 19.3 Å². The van der Waals surface area contributed by atoms with Crippen molar-refractivity contribution in [1.29, 1.82) is 0 Å². The van der Waals surface area contributed by atoms with Crippen LogP contribution in [-0.2, 0) is 16.1 Å². The van der Waals surface area contributed by atoms with Crippen LogP contribution >= 0.6 is 0 Å². The zero-order chi connectivity index (χ0) is 16.1. The fraction of sp³-hybridized carbons (Fsp3) is 0.632. The SMILES string of the molecule is CN(C(=O)C1COCCN1Cc1ccccc1)C1CCCCC1.